The van der Waals surface area contributed by atoms with Crippen molar-refractivity contribution in [1.29, 1.82) is 0 Å². The molecule has 0 radical (unpaired) electrons. The van der Waals surface area contributed by atoms with Gasteiger partial charge in [0.05, 0.1) is 6.54 Å². The Labute approximate surface area is 173 Å². The zero-order valence-corrected chi connectivity index (χ0v) is 17.6. The van der Waals surface area contributed by atoms with E-state index in [1.54, 1.807) is 12.1 Å². The van der Waals surface area contributed by atoms with Crippen LogP contribution in [0.3, 0.4) is 0 Å². The van der Waals surface area contributed by atoms with Gasteiger partial charge in [-0.05, 0) is 37.7 Å². The van der Waals surface area contributed by atoms with E-state index in [0.29, 0.717) is 13.1 Å². The van der Waals surface area contributed by atoms with E-state index in [0.717, 1.165) is 55.6 Å². The normalized spacial score (nSPS) is 15.4. The minimum absolute atomic E-state index is 0.218. The average molecular weight is 399 g/mol. The monoisotopic (exact) mass is 398 g/mol. The number of anilines is 1. The number of guanidine groups is 1. The van der Waals surface area contributed by atoms with Gasteiger partial charge in [0, 0.05) is 58.1 Å². The highest BCUT2D eigenvalue weighted by Crippen LogP contribution is 2.19. The summed E-state index contributed by atoms with van der Waals surface area (Å²) in [5, 5.41) is 3.33. The van der Waals surface area contributed by atoms with Crippen LogP contribution < -0.4 is 10.2 Å². The highest BCUT2D eigenvalue weighted by Gasteiger charge is 2.18. The molecule has 0 atom stereocenters. The van der Waals surface area contributed by atoms with E-state index in [1.165, 1.54) is 6.07 Å². The first-order valence-electron chi connectivity index (χ1n) is 10.2. The van der Waals surface area contributed by atoms with Gasteiger partial charge in [0.25, 0.3) is 0 Å². The molecule has 156 valence electrons. The van der Waals surface area contributed by atoms with E-state index < -0.39 is 0 Å². The number of rotatable bonds is 6. The fraction of sp³-hybridized carbons (Fsp3) is 0.455. The second-order valence-electron chi connectivity index (χ2n) is 7.43. The molecule has 0 bridgehead atoms. The molecule has 3 rings (SSSR count). The topological polar surface area (TPSA) is 47.0 Å². The smallest absolute Gasteiger partial charge is 0.194 e. The summed E-state index contributed by atoms with van der Waals surface area (Å²) in [4.78, 5) is 16.2. The van der Waals surface area contributed by atoms with E-state index in [1.807, 2.05) is 37.2 Å². The first kappa shape index (κ1) is 21.0. The lowest BCUT2D eigenvalue weighted by molar-refractivity contribution is 0.312. The quantitative estimate of drug-likeness (QED) is 0.599. The molecule has 1 saturated heterocycles. The lowest BCUT2D eigenvalue weighted by atomic mass is 10.2. The maximum atomic E-state index is 13.5. The molecule has 6 nitrogen and oxygen atoms in total. The van der Waals surface area contributed by atoms with Crippen molar-refractivity contribution in [3.63, 3.8) is 0 Å². The summed E-state index contributed by atoms with van der Waals surface area (Å²) in [6, 6.07) is 10.8. The number of hydrogen-bond acceptors (Lipinski definition) is 4. The predicted octanol–water partition coefficient (Wildman–Crippen LogP) is 2.57. The number of hydrogen-bond donors (Lipinski definition) is 1. The van der Waals surface area contributed by atoms with Crippen LogP contribution in [0.5, 0.6) is 0 Å². The third-order valence-corrected chi connectivity index (χ3v) is 5.07. The molecule has 1 aromatic heterocycles. The van der Waals surface area contributed by atoms with Gasteiger partial charge in [0.2, 0.25) is 0 Å². The second-order valence-corrected chi connectivity index (χ2v) is 7.43. The van der Waals surface area contributed by atoms with Gasteiger partial charge < -0.3 is 20.0 Å². The van der Waals surface area contributed by atoms with Crippen molar-refractivity contribution in [3.8, 4) is 0 Å². The van der Waals surface area contributed by atoms with Gasteiger partial charge >= 0.3 is 0 Å². The summed E-state index contributed by atoms with van der Waals surface area (Å²) < 4.78 is 13.5. The highest BCUT2D eigenvalue weighted by atomic mass is 19.1. The van der Waals surface area contributed by atoms with Crippen molar-refractivity contribution in [2.45, 2.75) is 20.0 Å². The number of piperazine rings is 1. The fourth-order valence-corrected chi connectivity index (χ4v) is 3.47. The SMILES string of the molecule is CCNC(=NCc1cccnc1N1CCN(C)CC1)N(C)Cc1cccc(F)c1. The molecule has 0 unspecified atom stereocenters. The maximum absolute atomic E-state index is 13.5. The third kappa shape index (κ3) is 5.90. The maximum Gasteiger partial charge on any atom is 0.194 e. The Morgan fingerprint density at radius 3 is 2.72 bits per heavy atom. The van der Waals surface area contributed by atoms with Crippen molar-refractivity contribution in [2.24, 2.45) is 4.99 Å². The molecule has 1 N–H and O–H groups in total. The number of benzene rings is 1. The number of likely N-dealkylation sites (N-methyl/N-ethyl adjacent to an activating group) is 1. The molecule has 0 spiro atoms. The summed E-state index contributed by atoms with van der Waals surface area (Å²) in [5.74, 6) is 1.60. The first-order valence-corrected chi connectivity index (χ1v) is 10.2. The van der Waals surface area contributed by atoms with Crippen LogP contribution in [0.25, 0.3) is 0 Å². The number of halogens is 1. The standard InChI is InChI=1S/C22H31FN6/c1-4-24-22(28(3)17-18-7-5-9-20(23)15-18)26-16-19-8-6-10-25-21(19)29-13-11-27(2)12-14-29/h5-10,15H,4,11-14,16-17H2,1-3H3,(H,24,26). The van der Waals surface area contributed by atoms with Gasteiger partial charge in [0.15, 0.2) is 5.96 Å². The number of nitrogens with zero attached hydrogens (tertiary/aromatic N) is 5. The van der Waals surface area contributed by atoms with E-state index in [4.69, 9.17) is 4.99 Å². The molecule has 2 heterocycles. The summed E-state index contributed by atoms with van der Waals surface area (Å²) in [6.45, 7) is 7.98. The van der Waals surface area contributed by atoms with Crippen LogP contribution >= 0.6 is 0 Å². The minimum Gasteiger partial charge on any atom is -0.357 e. The number of nitrogens with one attached hydrogen (secondary N) is 1. The minimum atomic E-state index is -0.218. The molecule has 0 saturated carbocycles. The van der Waals surface area contributed by atoms with Crippen LogP contribution in [0.15, 0.2) is 47.6 Å². The van der Waals surface area contributed by atoms with Crippen molar-refractivity contribution in [1.82, 2.24) is 20.1 Å². The molecule has 0 amide bonds. The molecular weight excluding hydrogens is 367 g/mol. The number of aliphatic imine (C=N–C) groups is 1. The zero-order valence-electron chi connectivity index (χ0n) is 17.6. The molecule has 7 heteroatoms. The van der Waals surface area contributed by atoms with E-state index in [2.05, 4.69) is 33.2 Å². The third-order valence-electron chi connectivity index (χ3n) is 5.07. The molecule has 1 aromatic carbocycles. The number of aromatic nitrogens is 1. The van der Waals surface area contributed by atoms with Crippen molar-refractivity contribution >= 4 is 11.8 Å². The van der Waals surface area contributed by atoms with Crippen LogP contribution in [0.4, 0.5) is 10.2 Å². The molecule has 1 fully saturated rings. The van der Waals surface area contributed by atoms with Gasteiger partial charge in [-0.2, -0.15) is 0 Å². The Bertz CT molecular complexity index is 816. The molecule has 1 aliphatic heterocycles. The van der Waals surface area contributed by atoms with Crippen LogP contribution in [0.1, 0.15) is 18.1 Å². The molecule has 1 aliphatic rings. The summed E-state index contributed by atoms with van der Waals surface area (Å²) >= 11 is 0. The Kier molecular flexibility index (Phi) is 7.41. The van der Waals surface area contributed by atoms with Crippen molar-refractivity contribution < 1.29 is 4.39 Å². The van der Waals surface area contributed by atoms with Gasteiger partial charge in [-0.15, -0.1) is 0 Å². The van der Waals surface area contributed by atoms with Crippen LogP contribution in [-0.4, -0.2) is 67.6 Å². The summed E-state index contributed by atoms with van der Waals surface area (Å²) in [6.07, 6.45) is 1.85. The van der Waals surface area contributed by atoms with Gasteiger partial charge in [-0.25, -0.2) is 14.4 Å². The first-order chi connectivity index (χ1) is 14.1. The molecular formula is C22H31FN6. The Balaban J connectivity index is 1.73. The largest absolute Gasteiger partial charge is 0.357 e. The van der Waals surface area contributed by atoms with Crippen LogP contribution in [-0.2, 0) is 13.1 Å². The lowest BCUT2D eigenvalue weighted by Crippen LogP contribution is -2.45. The number of pyridine rings is 1. The van der Waals surface area contributed by atoms with Gasteiger partial charge in [-0.1, -0.05) is 18.2 Å². The Hall–Kier alpha value is -2.67. The molecule has 29 heavy (non-hydrogen) atoms. The lowest BCUT2D eigenvalue weighted by Gasteiger charge is -2.34. The van der Waals surface area contributed by atoms with Crippen LogP contribution in [0, 0.1) is 5.82 Å². The van der Waals surface area contributed by atoms with Gasteiger partial charge in [-0.3, -0.25) is 0 Å². The average Bonchev–Trinajstić information content (AvgIpc) is 2.72. The zero-order chi connectivity index (χ0) is 20.6. The van der Waals surface area contributed by atoms with E-state index in [9.17, 15) is 4.39 Å². The summed E-state index contributed by atoms with van der Waals surface area (Å²) in [5.41, 5.74) is 2.03. The van der Waals surface area contributed by atoms with Crippen LogP contribution in [0.2, 0.25) is 0 Å². The Morgan fingerprint density at radius 1 is 1.21 bits per heavy atom. The highest BCUT2D eigenvalue weighted by molar-refractivity contribution is 5.79. The predicted molar refractivity (Wildman–Crippen MR) is 117 cm³/mol. The Morgan fingerprint density at radius 2 is 2.00 bits per heavy atom. The van der Waals surface area contributed by atoms with Crippen molar-refractivity contribution in [3.05, 3.63) is 59.5 Å². The molecule has 0 aliphatic carbocycles. The van der Waals surface area contributed by atoms with Crippen molar-refractivity contribution in [2.75, 3.05) is 51.7 Å². The van der Waals surface area contributed by atoms with E-state index in [-0.39, 0.29) is 5.82 Å². The van der Waals surface area contributed by atoms with E-state index >= 15 is 0 Å². The molecule has 2 aromatic rings. The second kappa shape index (κ2) is 10.2. The fourth-order valence-electron chi connectivity index (χ4n) is 3.47. The van der Waals surface area contributed by atoms with Gasteiger partial charge in [0.1, 0.15) is 11.6 Å². The summed E-state index contributed by atoms with van der Waals surface area (Å²) in [7, 11) is 4.12.